The maximum Gasteiger partial charge on any atom is 0.267 e. The van der Waals surface area contributed by atoms with Gasteiger partial charge in [-0.3, -0.25) is 14.5 Å². The maximum atomic E-state index is 13.6. The molecule has 8 nitrogen and oxygen atoms in total. The number of benzene rings is 3. The van der Waals surface area contributed by atoms with Crippen molar-refractivity contribution in [2.24, 2.45) is 10.2 Å². The molecule has 0 unspecified atom stereocenters. The van der Waals surface area contributed by atoms with Crippen LogP contribution in [-0.2, 0) is 21.5 Å². The molecule has 1 aromatic heterocycles. The Labute approximate surface area is 275 Å². The number of carbonyl (C=O) groups excluding carboxylic acids is 2. The van der Waals surface area contributed by atoms with Crippen LogP contribution in [0.25, 0.3) is 6.08 Å². The monoisotopic (exact) mass is 684 g/mol. The zero-order valence-electron chi connectivity index (χ0n) is 25.4. The topological polar surface area (TPSA) is 96.5 Å². The fourth-order valence-electron chi connectivity index (χ4n) is 4.38. The van der Waals surface area contributed by atoms with Crippen LogP contribution in [0.3, 0.4) is 0 Å². The summed E-state index contributed by atoms with van der Waals surface area (Å²) in [4.78, 5) is 28.2. The first-order chi connectivity index (χ1) is 21.5. The Morgan fingerprint density at radius 1 is 1.07 bits per heavy atom. The predicted octanol–water partition coefficient (Wildman–Crippen LogP) is 8.17. The molecule has 0 saturated carbocycles. The Bertz CT molecular complexity index is 1760. The smallest absolute Gasteiger partial charge is 0.267 e. The van der Waals surface area contributed by atoms with Gasteiger partial charge in [-0.25, -0.2) is 0 Å². The summed E-state index contributed by atoms with van der Waals surface area (Å²) >= 11 is 4.71. The van der Waals surface area contributed by atoms with E-state index in [1.165, 1.54) is 22.2 Å². The molecule has 1 N–H and O–H groups in total. The number of anilines is 1. The first-order valence-electron chi connectivity index (χ1n) is 14.3. The van der Waals surface area contributed by atoms with E-state index in [2.05, 4.69) is 64.4 Å². The highest BCUT2D eigenvalue weighted by Crippen LogP contribution is 2.36. The summed E-state index contributed by atoms with van der Waals surface area (Å²) in [6.07, 6.45) is 4.97. The van der Waals surface area contributed by atoms with Gasteiger partial charge < -0.3 is 14.5 Å². The number of amidine groups is 1. The molecular formula is C35H33BrN4O4S. The van der Waals surface area contributed by atoms with Crippen LogP contribution in [0.5, 0.6) is 5.75 Å². The van der Waals surface area contributed by atoms with Crippen LogP contribution in [0.15, 0.2) is 109 Å². The number of hydrogen-bond donors (Lipinski definition) is 1. The zero-order valence-corrected chi connectivity index (χ0v) is 27.8. The van der Waals surface area contributed by atoms with Crippen molar-refractivity contribution in [3.05, 3.63) is 123 Å². The van der Waals surface area contributed by atoms with Crippen LogP contribution in [-0.4, -0.2) is 34.7 Å². The number of halogens is 1. The van der Waals surface area contributed by atoms with E-state index in [-0.39, 0.29) is 30.4 Å². The quantitative estimate of drug-likeness (QED) is 0.109. The van der Waals surface area contributed by atoms with Gasteiger partial charge in [0.05, 0.1) is 23.9 Å². The molecule has 1 aliphatic rings. The molecular weight excluding hydrogens is 652 g/mol. The summed E-state index contributed by atoms with van der Waals surface area (Å²) in [6.45, 7) is 8.49. The highest BCUT2D eigenvalue weighted by atomic mass is 79.9. The van der Waals surface area contributed by atoms with Gasteiger partial charge in [0.25, 0.3) is 11.8 Å². The summed E-state index contributed by atoms with van der Waals surface area (Å²) in [5.41, 5.74) is 4.60. The number of hydrogen-bond acceptors (Lipinski definition) is 7. The number of ether oxygens (including phenoxy) is 1. The molecule has 45 heavy (non-hydrogen) atoms. The Kier molecular flexibility index (Phi) is 10.0. The van der Waals surface area contributed by atoms with Crippen molar-refractivity contribution < 1.29 is 18.7 Å². The van der Waals surface area contributed by atoms with E-state index >= 15 is 0 Å². The third kappa shape index (κ3) is 8.61. The van der Waals surface area contributed by atoms with Gasteiger partial charge in [0.2, 0.25) is 0 Å². The summed E-state index contributed by atoms with van der Waals surface area (Å²) in [5, 5.41) is 12.0. The molecule has 1 fully saturated rings. The molecule has 1 aliphatic heterocycles. The van der Waals surface area contributed by atoms with Crippen LogP contribution < -0.4 is 10.1 Å². The first kappa shape index (κ1) is 32.0. The number of rotatable bonds is 9. The standard InChI is InChI=1S/C35H33BrN4O4S/c1-23-7-14-28(15-8-23)38-32(41)22-44-30-16-13-27(36)18-25(30)19-31-33(42)40(21-29-6-5-17-43-29)34(45-31)39-37-20-24-9-11-26(12-10-24)35(2,3)4/h5-20H,21-22H2,1-4H3,(H,38,41)/b31-19-,37-20-,39-34+. The Balaban J connectivity index is 1.36. The number of thioether (sulfide) groups is 1. The van der Waals surface area contributed by atoms with Gasteiger partial charge in [-0.1, -0.05) is 78.7 Å². The van der Waals surface area contributed by atoms with Crippen LogP contribution in [0.4, 0.5) is 5.69 Å². The maximum absolute atomic E-state index is 13.6. The molecule has 0 radical (unpaired) electrons. The molecule has 0 spiro atoms. The van der Waals surface area contributed by atoms with Crippen molar-refractivity contribution in [2.75, 3.05) is 11.9 Å². The number of nitrogens with one attached hydrogen (secondary N) is 1. The number of nitrogens with zero attached hydrogens (tertiary/aromatic N) is 3. The average Bonchev–Trinajstić information content (AvgIpc) is 3.62. The molecule has 0 atom stereocenters. The molecule has 5 rings (SSSR count). The molecule has 3 aromatic carbocycles. The minimum Gasteiger partial charge on any atom is -0.483 e. The van der Waals surface area contributed by atoms with E-state index in [9.17, 15) is 9.59 Å². The highest BCUT2D eigenvalue weighted by Gasteiger charge is 2.34. The van der Waals surface area contributed by atoms with Crippen molar-refractivity contribution in [3.8, 4) is 5.75 Å². The third-order valence-electron chi connectivity index (χ3n) is 6.86. The van der Waals surface area contributed by atoms with Crippen molar-refractivity contribution in [1.29, 1.82) is 0 Å². The van der Waals surface area contributed by atoms with Crippen LogP contribution >= 0.6 is 27.7 Å². The minimum absolute atomic E-state index is 0.0545. The van der Waals surface area contributed by atoms with Crippen LogP contribution in [0.2, 0.25) is 0 Å². The lowest BCUT2D eigenvalue weighted by Crippen LogP contribution is -2.28. The van der Waals surface area contributed by atoms with Gasteiger partial charge in [-0.05, 0) is 83.8 Å². The van der Waals surface area contributed by atoms with Crippen molar-refractivity contribution in [1.82, 2.24) is 4.90 Å². The van der Waals surface area contributed by atoms with E-state index < -0.39 is 0 Å². The number of furan rings is 1. The molecule has 0 aliphatic carbocycles. The summed E-state index contributed by atoms with van der Waals surface area (Å²) in [6, 6.07) is 24.7. The summed E-state index contributed by atoms with van der Waals surface area (Å²) in [7, 11) is 0. The van der Waals surface area contributed by atoms with Crippen molar-refractivity contribution >= 4 is 62.7 Å². The van der Waals surface area contributed by atoms with Crippen LogP contribution in [0.1, 0.15) is 48.8 Å². The lowest BCUT2D eigenvalue weighted by molar-refractivity contribution is -0.122. The van der Waals surface area contributed by atoms with Gasteiger partial charge in [-0.2, -0.15) is 5.10 Å². The average molecular weight is 686 g/mol. The minimum atomic E-state index is -0.295. The van der Waals surface area contributed by atoms with E-state index in [0.29, 0.717) is 32.8 Å². The Morgan fingerprint density at radius 3 is 2.51 bits per heavy atom. The van der Waals surface area contributed by atoms with Gasteiger partial charge in [0, 0.05) is 15.7 Å². The van der Waals surface area contributed by atoms with Crippen molar-refractivity contribution in [2.45, 2.75) is 39.7 Å². The second-order valence-corrected chi connectivity index (χ2v) is 13.4. The second-order valence-electron chi connectivity index (χ2n) is 11.5. The summed E-state index contributed by atoms with van der Waals surface area (Å²) in [5.74, 6) is 0.531. The fourth-order valence-corrected chi connectivity index (χ4v) is 5.68. The second kappa shape index (κ2) is 14.1. The van der Waals surface area contributed by atoms with E-state index in [1.807, 2.05) is 55.5 Å². The Hall–Kier alpha value is -4.41. The van der Waals surface area contributed by atoms with E-state index in [1.54, 1.807) is 36.8 Å². The molecule has 230 valence electrons. The lowest BCUT2D eigenvalue weighted by Gasteiger charge is -2.18. The predicted molar refractivity (Wildman–Crippen MR) is 184 cm³/mol. The van der Waals surface area contributed by atoms with Crippen molar-refractivity contribution in [3.63, 3.8) is 0 Å². The largest absolute Gasteiger partial charge is 0.483 e. The molecule has 2 amide bonds. The summed E-state index contributed by atoms with van der Waals surface area (Å²) < 4.78 is 12.2. The fraction of sp³-hybridized carbons (Fsp3) is 0.200. The van der Waals surface area contributed by atoms with E-state index in [4.69, 9.17) is 9.15 Å². The van der Waals surface area contributed by atoms with Crippen LogP contribution in [0, 0.1) is 6.92 Å². The SMILES string of the molecule is Cc1ccc(NC(=O)COc2ccc(Br)cc2/C=C2\S/C(=N/N=C\c3ccc(C(C)(C)C)cc3)N(Cc3ccco3)C2=O)cc1. The first-order valence-corrected chi connectivity index (χ1v) is 15.9. The zero-order chi connectivity index (χ0) is 32.0. The lowest BCUT2D eigenvalue weighted by atomic mass is 9.87. The highest BCUT2D eigenvalue weighted by molar-refractivity contribution is 9.10. The van der Waals surface area contributed by atoms with Gasteiger partial charge in [-0.15, -0.1) is 5.10 Å². The number of carbonyl (C=O) groups is 2. The number of amides is 2. The van der Waals surface area contributed by atoms with Gasteiger partial charge in [0.15, 0.2) is 11.8 Å². The third-order valence-corrected chi connectivity index (χ3v) is 8.35. The van der Waals surface area contributed by atoms with E-state index in [0.717, 1.165) is 15.6 Å². The molecule has 0 bridgehead atoms. The van der Waals surface area contributed by atoms with Gasteiger partial charge in [0.1, 0.15) is 11.5 Å². The van der Waals surface area contributed by atoms with Gasteiger partial charge >= 0.3 is 0 Å². The molecule has 1 saturated heterocycles. The molecule has 2 heterocycles. The normalized spacial score (nSPS) is 15.4. The molecule has 10 heteroatoms. The number of aryl methyl sites for hydroxylation is 1. The molecule has 4 aromatic rings. The Morgan fingerprint density at radius 2 is 1.82 bits per heavy atom.